The van der Waals surface area contributed by atoms with Gasteiger partial charge in [-0.1, -0.05) is 111 Å². The molecule has 0 spiro atoms. The van der Waals surface area contributed by atoms with Crippen molar-refractivity contribution in [3.8, 4) is 22.3 Å². The molecule has 0 nitrogen and oxygen atoms in total. The fraction of sp³-hybridized carbons (Fsp3) is 0.118. The summed E-state index contributed by atoms with van der Waals surface area (Å²) in [4.78, 5) is 0. The van der Waals surface area contributed by atoms with Crippen molar-refractivity contribution in [3.05, 3.63) is 131 Å². The Labute approximate surface area is 227 Å². The number of hydrogen-bond acceptors (Lipinski definition) is 0. The molecule has 6 aromatic rings. The first-order valence-corrected chi connectivity index (χ1v) is 12.2. The molecule has 0 radical (unpaired) electrons. The molecule has 0 aliphatic heterocycles. The number of hydrogen-bond donors (Lipinski definition) is 0. The van der Waals surface area contributed by atoms with Crippen molar-refractivity contribution >= 4 is 21.5 Å². The Kier molecular flexibility index (Phi) is 6.72. The molecule has 0 heterocycles. The molecule has 0 aliphatic rings. The summed E-state index contributed by atoms with van der Waals surface area (Å²) in [6.45, 7) is 4.55. The molecule has 0 aliphatic carbocycles. The third-order valence-electron chi connectivity index (χ3n) is 7.29. The van der Waals surface area contributed by atoms with Crippen LogP contribution in [0.1, 0.15) is 22.3 Å². The molecule has 1 heteroatoms. The molecule has 0 N–H and O–H groups in total. The number of benzene rings is 4. The topological polar surface area (TPSA) is 0 Å². The number of rotatable bonds is 5. The minimum Gasteiger partial charge on any atom is -0.150 e. The summed E-state index contributed by atoms with van der Waals surface area (Å²) in [5, 5.41) is 5.54. The summed E-state index contributed by atoms with van der Waals surface area (Å²) >= 11 is 0. The van der Waals surface area contributed by atoms with Gasteiger partial charge < -0.3 is 0 Å². The fourth-order valence-electron chi connectivity index (χ4n) is 5.70. The minimum absolute atomic E-state index is 0. The first-order chi connectivity index (χ1) is 16.7. The summed E-state index contributed by atoms with van der Waals surface area (Å²) in [5.74, 6) is 0. The van der Waals surface area contributed by atoms with Crippen LogP contribution in [0.2, 0.25) is 0 Å². The number of aryl methyl sites for hydroxylation is 4. The normalized spacial score (nSPS) is 11.1. The van der Waals surface area contributed by atoms with Gasteiger partial charge in [0.15, 0.2) is 0 Å². The van der Waals surface area contributed by atoms with E-state index in [4.69, 9.17) is 0 Å². The monoisotopic (exact) mass is 526 g/mol. The van der Waals surface area contributed by atoms with E-state index in [-0.39, 0.29) is 26.2 Å². The van der Waals surface area contributed by atoms with E-state index in [1.165, 1.54) is 66.1 Å². The van der Waals surface area contributed by atoms with Crippen LogP contribution in [0.25, 0.3) is 43.8 Å². The SMILES string of the molecule is Cc1[cH-]c2cccc(-c3ccccc3)c2c1CCc1c(C)[cH-]c2cccc(-c3ccccc3)c12.[Zr+2]. The number of fused-ring (bicyclic) bond motifs is 2. The Hall–Kier alpha value is -3.02. The van der Waals surface area contributed by atoms with Crippen molar-refractivity contribution < 1.29 is 26.2 Å². The van der Waals surface area contributed by atoms with E-state index in [1.54, 1.807) is 0 Å². The van der Waals surface area contributed by atoms with E-state index in [0.717, 1.165) is 12.8 Å². The van der Waals surface area contributed by atoms with Crippen LogP contribution in [0, 0.1) is 13.8 Å². The molecule has 0 amide bonds. The van der Waals surface area contributed by atoms with Gasteiger partial charge in [-0.25, -0.2) is 0 Å². The zero-order valence-corrected chi connectivity index (χ0v) is 22.8. The third kappa shape index (κ3) is 4.28. The van der Waals surface area contributed by atoms with E-state index in [1.807, 2.05) is 0 Å². The molecule has 6 aromatic carbocycles. The van der Waals surface area contributed by atoms with E-state index >= 15 is 0 Å². The third-order valence-corrected chi connectivity index (χ3v) is 7.29. The van der Waals surface area contributed by atoms with Gasteiger partial charge >= 0.3 is 26.2 Å². The van der Waals surface area contributed by atoms with E-state index in [9.17, 15) is 0 Å². The second-order valence-corrected chi connectivity index (χ2v) is 9.38. The van der Waals surface area contributed by atoms with Crippen LogP contribution in [0.3, 0.4) is 0 Å². The van der Waals surface area contributed by atoms with Gasteiger partial charge in [-0.3, -0.25) is 0 Å². The molecular weight excluding hydrogens is 500 g/mol. The van der Waals surface area contributed by atoms with Gasteiger partial charge in [0, 0.05) is 0 Å². The molecule has 0 saturated heterocycles. The average Bonchev–Trinajstić information content (AvgIpc) is 3.38. The van der Waals surface area contributed by atoms with Crippen LogP contribution in [-0.2, 0) is 39.0 Å². The van der Waals surface area contributed by atoms with Crippen LogP contribution in [0.5, 0.6) is 0 Å². The predicted octanol–water partition coefficient (Wildman–Crippen LogP) is 9.16. The zero-order valence-electron chi connectivity index (χ0n) is 20.3. The molecule has 0 fully saturated rings. The summed E-state index contributed by atoms with van der Waals surface area (Å²) < 4.78 is 0. The Morgan fingerprint density at radius 3 is 1.29 bits per heavy atom. The van der Waals surface area contributed by atoms with E-state index in [2.05, 4.69) is 123 Å². The molecule has 168 valence electrons. The minimum atomic E-state index is 0. The zero-order chi connectivity index (χ0) is 23.1. The van der Waals surface area contributed by atoms with Crippen molar-refractivity contribution in [2.24, 2.45) is 0 Å². The summed E-state index contributed by atoms with van der Waals surface area (Å²) in [6.07, 6.45) is 2.09. The van der Waals surface area contributed by atoms with Crippen molar-refractivity contribution in [2.75, 3.05) is 0 Å². The maximum absolute atomic E-state index is 2.36. The Morgan fingerprint density at radius 2 is 0.886 bits per heavy atom. The van der Waals surface area contributed by atoms with Gasteiger partial charge in [0.05, 0.1) is 0 Å². The summed E-state index contributed by atoms with van der Waals surface area (Å²) in [5.41, 5.74) is 11.0. The Balaban J connectivity index is 0.00000253. The van der Waals surface area contributed by atoms with Crippen LogP contribution in [0.15, 0.2) is 109 Å². The molecule has 0 saturated carbocycles. The molecule has 0 atom stereocenters. The van der Waals surface area contributed by atoms with Crippen LogP contribution in [-0.4, -0.2) is 0 Å². The van der Waals surface area contributed by atoms with Gasteiger partial charge in [0.1, 0.15) is 0 Å². The first-order valence-electron chi connectivity index (χ1n) is 12.2. The predicted molar refractivity (Wildman–Crippen MR) is 147 cm³/mol. The molecular formula is C34H28Zr. The standard InChI is InChI=1S/C34H28.Zr/c1-23-21-27-15-9-17-31(25-11-5-3-6-12-25)33(27)29(23)19-20-30-24(2)22-28-16-10-18-32(34(28)30)26-13-7-4-8-14-26;/h3-18,21-22H,19-20H2,1-2H3;/q-2;+2. The fourth-order valence-corrected chi connectivity index (χ4v) is 5.70. The summed E-state index contributed by atoms with van der Waals surface area (Å²) in [6, 6.07) is 39.8. The Morgan fingerprint density at radius 1 is 0.486 bits per heavy atom. The van der Waals surface area contributed by atoms with E-state index in [0.29, 0.717) is 0 Å². The molecule has 0 aromatic heterocycles. The van der Waals surface area contributed by atoms with E-state index < -0.39 is 0 Å². The largest absolute Gasteiger partial charge is 2.00 e. The second kappa shape index (κ2) is 9.92. The van der Waals surface area contributed by atoms with Gasteiger partial charge in [-0.05, 0) is 11.1 Å². The second-order valence-electron chi connectivity index (χ2n) is 9.38. The Bertz CT molecular complexity index is 1470. The maximum atomic E-state index is 2.36. The summed E-state index contributed by atoms with van der Waals surface area (Å²) in [7, 11) is 0. The quantitative estimate of drug-likeness (QED) is 0.196. The van der Waals surface area contributed by atoms with Gasteiger partial charge in [0.2, 0.25) is 0 Å². The molecule has 0 unspecified atom stereocenters. The molecule has 35 heavy (non-hydrogen) atoms. The van der Waals surface area contributed by atoms with Crippen molar-refractivity contribution in [1.82, 2.24) is 0 Å². The van der Waals surface area contributed by atoms with Gasteiger partial charge in [-0.2, -0.15) is 11.1 Å². The average molecular weight is 528 g/mol. The van der Waals surface area contributed by atoms with Gasteiger partial charge in [0.25, 0.3) is 0 Å². The van der Waals surface area contributed by atoms with Gasteiger partial charge in [-0.15, -0.1) is 69.1 Å². The van der Waals surface area contributed by atoms with Crippen molar-refractivity contribution in [1.29, 1.82) is 0 Å². The molecule has 0 bridgehead atoms. The first kappa shape index (κ1) is 23.7. The van der Waals surface area contributed by atoms with Crippen LogP contribution in [0.4, 0.5) is 0 Å². The van der Waals surface area contributed by atoms with Crippen molar-refractivity contribution in [2.45, 2.75) is 26.7 Å². The molecule has 6 rings (SSSR count). The van der Waals surface area contributed by atoms with Crippen LogP contribution >= 0.6 is 0 Å². The smallest absolute Gasteiger partial charge is 0.150 e. The maximum Gasteiger partial charge on any atom is 2.00 e. The van der Waals surface area contributed by atoms with Crippen molar-refractivity contribution in [3.63, 3.8) is 0 Å². The van der Waals surface area contributed by atoms with Crippen LogP contribution < -0.4 is 0 Å².